The minimum atomic E-state index is -0.949. The maximum absolute atomic E-state index is 11.3. The van der Waals surface area contributed by atoms with Gasteiger partial charge in [0.1, 0.15) is 17.8 Å². The number of nitrogens with zero attached hydrogens (tertiary/aromatic N) is 3. The highest BCUT2D eigenvalue weighted by Gasteiger charge is 2.39. The van der Waals surface area contributed by atoms with Crippen molar-refractivity contribution >= 4 is 17.3 Å². The van der Waals surface area contributed by atoms with E-state index < -0.39 is 22.9 Å². The van der Waals surface area contributed by atoms with Gasteiger partial charge in [0.15, 0.2) is 0 Å². The zero-order valence-corrected chi connectivity index (χ0v) is 11.6. The summed E-state index contributed by atoms with van der Waals surface area (Å²) in [4.78, 5) is 27.5. The molecule has 0 saturated carbocycles. The molecule has 2 atom stereocenters. The summed E-state index contributed by atoms with van der Waals surface area (Å²) in [5, 5.41) is 20.4. The van der Waals surface area contributed by atoms with Crippen molar-refractivity contribution in [2.75, 3.05) is 24.7 Å². The van der Waals surface area contributed by atoms with E-state index >= 15 is 0 Å². The maximum Gasteiger partial charge on any atom is 0.311 e. The predicted octanol–water partition coefficient (Wildman–Crippen LogP) is 1.31. The summed E-state index contributed by atoms with van der Waals surface area (Å²) in [6.07, 6.45) is 3.39. The molecular formula is C13H17N3O5. The third-order valence-corrected chi connectivity index (χ3v) is 3.52. The lowest BCUT2D eigenvalue weighted by molar-refractivity contribution is -0.384. The molecule has 1 saturated heterocycles. The zero-order chi connectivity index (χ0) is 15.4. The SMILES string of the molecule is CCCN(c1ccncc1[N+](=O)[O-])C1COCC1C(=O)O. The third kappa shape index (κ3) is 3.10. The number of ether oxygens (including phenoxy) is 1. The Morgan fingerprint density at radius 3 is 3.00 bits per heavy atom. The molecule has 1 aromatic heterocycles. The van der Waals surface area contributed by atoms with Gasteiger partial charge in [-0.1, -0.05) is 6.92 Å². The molecule has 1 fully saturated rings. The van der Waals surface area contributed by atoms with Gasteiger partial charge in [0.05, 0.1) is 24.2 Å². The fraction of sp³-hybridized carbons (Fsp3) is 0.538. The van der Waals surface area contributed by atoms with E-state index in [4.69, 9.17) is 4.74 Å². The van der Waals surface area contributed by atoms with Crippen LogP contribution in [0.5, 0.6) is 0 Å². The maximum atomic E-state index is 11.3. The van der Waals surface area contributed by atoms with Gasteiger partial charge in [-0.05, 0) is 12.5 Å². The van der Waals surface area contributed by atoms with Crippen molar-refractivity contribution in [3.8, 4) is 0 Å². The first kappa shape index (κ1) is 15.2. The van der Waals surface area contributed by atoms with Crippen molar-refractivity contribution in [3.63, 3.8) is 0 Å². The lowest BCUT2D eigenvalue weighted by Gasteiger charge is -2.31. The van der Waals surface area contributed by atoms with Gasteiger partial charge in [0.2, 0.25) is 0 Å². The van der Waals surface area contributed by atoms with Gasteiger partial charge < -0.3 is 14.7 Å². The number of hydrogen-bond acceptors (Lipinski definition) is 6. The molecule has 2 unspecified atom stereocenters. The highest BCUT2D eigenvalue weighted by molar-refractivity contribution is 5.73. The molecule has 8 nitrogen and oxygen atoms in total. The minimum Gasteiger partial charge on any atom is -0.481 e. The van der Waals surface area contributed by atoms with Crippen molar-refractivity contribution in [2.45, 2.75) is 19.4 Å². The first-order valence-corrected chi connectivity index (χ1v) is 6.71. The molecule has 1 aliphatic heterocycles. The number of pyridine rings is 1. The Morgan fingerprint density at radius 2 is 2.38 bits per heavy atom. The average molecular weight is 295 g/mol. The number of carboxylic acids is 1. The summed E-state index contributed by atoms with van der Waals surface area (Å²) < 4.78 is 5.27. The Balaban J connectivity index is 2.39. The van der Waals surface area contributed by atoms with Crippen molar-refractivity contribution in [1.82, 2.24) is 4.98 Å². The number of nitro groups is 1. The van der Waals surface area contributed by atoms with Crippen molar-refractivity contribution in [3.05, 3.63) is 28.6 Å². The van der Waals surface area contributed by atoms with E-state index in [0.717, 1.165) is 6.42 Å². The number of aliphatic carboxylic acids is 1. The summed E-state index contributed by atoms with van der Waals surface area (Å²) in [5.74, 6) is -1.64. The Bertz CT molecular complexity index is 536. The van der Waals surface area contributed by atoms with Crippen LogP contribution in [-0.2, 0) is 9.53 Å². The number of carboxylic acid groups (broad SMARTS) is 1. The molecule has 21 heavy (non-hydrogen) atoms. The van der Waals surface area contributed by atoms with Gasteiger partial charge in [0, 0.05) is 12.7 Å². The molecule has 114 valence electrons. The minimum absolute atomic E-state index is 0.123. The standard InChI is InChI=1S/C13H17N3O5/c1-2-5-15(12-8-21-7-9(12)13(17)18)10-3-4-14-6-11(10)16(19)20/h3-4,6,9,12H,2,5,7-8H2,1H3,(H,17,18). The first-order valence-electron chi connectivity index (χ1n) is 6.71. The van der Waals surface area contributed by atoms with Crippen LogP contribution in [0.2, 0.25) is 0 Å². The molecule has 1 N–H and O–H groups in total. The monoisotopic (exact) mass is 295 g/mol. The topological polar surface area (TPSA) is 106 Å². The molecule has 0 aliphatic carbocycles. The number of carbonyl (C=O) groups is 1. The van der Waals surface area contributed by atoms with E-state index in [-0.39, 0.29) is 18.9 Å². The molecule has 2 rings (SSSR count). The van der Waals surface area contributed by atoms with E-state index in [1.807, 2.05) is 6.92 Å². The van der Waals surface area contributed by atoms with Crippen LogP contribution in [0.4, 0.5) is 11.4 Å². The summed E-state index contributed by atoms with van der Waals surface area (Å²) in [6, 6.07) is 1.13. The lowest BCUT2D eigenvalue weighted by Crippen LogP contribution is -2.44. The summed E-state index contributed by atoms with van der Waals surface area (Å²) in [7, 11) is 0. The molecule has 0 spiro atoms. The van der Waals surface area contributed by atoms with Crippen LogP contribution in [0.3, 0.4) is 0 Å². The molecular weight excluding hydrogens is 278 g/mol. The molecule has 8 heteroatoms. The first-order chi connectivity index (χ1) is 10.1. The second-order valence-electron chi connectivity index (χ2n) is 4.86. The molecule has 1 aromatic rings. The largest absolute Gasteiger partial charge is 0.481 e. The molecule has 0 aromatic carbocycles. The second kappa shape index (κ2) is 6.49. The number of aromatic nitrogens is 1. The summed E-state index contributed by atoms with van der Waals surface area (Å²) in [6.45, 7) is 2.82. The normalized spacial score (nSPS) is 21.2. The van der Waals surface area contributed by atoms with Crippen LogP contribution in [0.1, 0.15) is 13.3 Å². The van der Waals surface area contributed by atoms with Crippen molar-refractivity contribution in [1.29, 1.82) is 0 Å². The van der Waals surface area contributed by atoms with E-state index in [2.05, 4.69) is 4.98 Å². The average Bonchev–Trinajstić information content (AvgIpc) is 2.94. The van der Waals surface area contributed by atoms with E-state index in [1.54, 1.807) is 11.0 Å². The van der Waals surface area contributed by atoms with Crippen molar-refractivity contribution < 1.29 is 19.6 Å². The number of rotatable bonds is 6. The van der Waals surface area contributed by atoms with Gasteiger partial charge in [0.25, 0.3) is 0 Å². The number of anilines is 1. The van der Waals surface area contributed by atoms with Gasteiger partial charge in [-0.25, -0.2) is 0 Å². The van der Waals surface area contributed by atoms with E-state index in [1.165, 1.54) is 12.4 Å². The van der Waals surface area contributed by atoms with Crippen LogP contribution in [-0.4, -0.2) is 46.8 Å². The molecule has 0 amide bonds. The van der Waals surface area contributed by atoms with Crippen LogP contribution in [0.15, 0.2) is 18.5 Å². The summed E-state index contributed by atoms with van der Waals surface area (Å²) in [5.41, 5.74) is 0.264. The van der Waals surface area contributed by atoms with Gasteiger partial charge in [-0.3, -0.25) is 19.9 Å². The zero-order valence-electron chi connectivity index (χ0n) is 11.6. The summed E-state index contributed by atoms with van der Waals surface area (Å²) >= 11 is 0. The molecule has 2 heterocycles. The van der Waals surface area contributed by atoms with Crippen LogP contribution < -0.4 is 4.90 Å². The lowest BCUT2D eigenvalue weighted by atomic mass is 10.0. The second-order valence-corrected chi connectivity index (χ2v) is 4.86. The Hall–Kier alpha value is -2.22. The van der Waals surface area contributed by atoms with Crippen LogP contribution >= 0.6 is 0 Å². The Kier molecular flexibility index (Phi) is 4.69. The van der Waals surface area contributed by atoms with E-state index in [0.29, 0.717) is 12.2 Å². The molecule has 0 bridgehead atoms. The highest BCUT2D eigenvalue weighted by Crippen LogP contribution is 2.32. The number of hydrogen-bond donors (Lipinski definition) is 1. The fourth-order valence-corrected chi connectivity index (χ4v) is 2.55. The molecule has 0 radical (unpaired) electrons. The smallest absolute Gasteiger partial charge is 0.311 e. The Morgan fingerprint density at radius 1 is 1.62 bits per heavy atom. The highest BCUT2D eigenvalue weighted by atomic mass is 16.6. The van der Waals surface area contributed by atoms with Crippen LogP contribution in [0, 0.1) is 16.0 Å². The third-order valence-electron chi connectivity index (χ3n) is 3.52. The fourth-order valence-electron chi connectivity index (χ4n) is 2.55. The van der Waals surface area contributed by atoms with Crippen molar-refractivity contribution in [2.24, 2.45) is 5.92 Å². The van der Waals surface area contributed by atoms with Gasteiger partial charge in [-0.15, -0.1) is 0 Å². The van der Waals surface area contributed by atoms with Crippen LogP contribution in [0.25, 0.3) is 0 Å². The quantitative estimate of drug-likeness (QED) is 0.622. The Labute approximate surface area is 121 Å². The van der Waals surface area contributed by atoms with E-state index in [9.17, 15) is 20.0 Å². The predicted molar refractivity (Wildman–Crippen MR) is 74.3 cm³/mol. The molecule has 1 aliphatic rings. The van der Waals surface area contributed by atoms with Gasteiger partial charge >= 0.3 is 11.7 Å². The van der Waals surface area contributed by atoms with Gasteiger partial charge in [-0.2, -0.15) is 0 Å².